The molecule has 0 atom stereocenters. The number of nitrogens with zero attached hydrogens (tertiary/aromatic N) is 2. The summed E-state index contributed by atoms with van der Waals surface area (Å²) in [5.41, 5.74) is 1.93. The number of carbonyl (C=O) groups excluding carboxylic acids is 2. The molecule has 0 radical (unpaired) electrons. The molecule has 0 saturated carbocycles. The van der Waals surface area contributed by atoms with Crippen LogP contribution in [0, 0.1) is 0 Å². The highest BCUT2D eigenvalue weighted by molar-refractivity contribution is 5.95. The summed E-state index contributed by atoms with van der Waals surface area (Å²) >= 11 is 0. The van der Waals surface area contributed by atoms with Gasteiger partial charge in [-0.2, -0.15) is 0 Å². The number of anilines is 1. The van der Waals surface area contributed by atoms with Gasteiger partial charge in [-0.05, 0) is 43.0 Å². The van der Waals surface area contributed by atoms with E-state index in [4.69, 9.17) is 0 Å². The second-order valence-electron chi connectivity index (χ2n) is 5.61. The first-order valence-corrected chi connectivity index (χ1v) is 7.61. The van der Waals surface area contributed by atoms with Gasteiger partial charge < -0.3 is 9.80 Å². The molecule has 4 nitrogen and oxygen atoms in total. The van der Waals surface area contributed by atoms with Crippen LogP contribution in [0.2, 0.25) is 0 Å². The standard InChI is InChI=1S/C17H20N2O2/c20-16(18-11-1-2-12-18)10-7-14-5-8-15(9-6-14)19-13-3-4-17(19)21/h5-10H,1-4,11-13H2/b10-7+. The summed E-state index contributed by atoms with van der Waals surface area (Å²) in [4.78, 5) is 27.3. The zero-order valence-electron chi connectivity index (χ0n) is 12.1. The zero-order chi connectivity index (χ0) is 14.7. The monoisotopic (exact) mass is 284 g/mol. The van der Waals surface area contributed by atoms with Gasteiger partial charge in [0, 0.05) is 37.8 Å². The fraction of sp³-hybridized carbons (Fsp3) is 0.412. The normalized spacial score (nSPS) is 19.0. The third-order valence-electron chi connectivity index (χ3n) is 4.11. The third-order valence-corrected chi connectivity index (χ3v) is 4.11. The lowest BCUT2D eigenvalue weighted by Gasteiger charge is -2.15. The highest BCUT2D eigenvalue weighted by Gasteiger charge is 2.21. The van der Waals surface area contributed by atoms with E-state index in [2.05, 4.69) is 0 Å². The summed E-state index contributed by atoms with van der Waals surface area (Å²) < 4.78 is 0. The van der Waals surface area contributed by atoms with E-state index >= 15 is 0 Å². The molecule has 0 N–H and O–H groups in total. The second-order valence-corrected chi connectivity index (χ2v) is 5.61. The molecule has 2 aliphatic heterocycles. The Hall–Kier alpha value is -2.10. The Morgan fingerprint density at radius 1 is 1.00 bits per heavy atom. The minimum atomic E-state index is 0.0892. The van der Waals surface area contributed by atoms with Crippen LogP contribution in [-0.4, -0.2) is 36.3 Å². The quantitative estimate of drug-likeness (QED) is 0.800. The van der Waals surface area contributed by atoms with Gasteiger partial charge in [-0.25, -0.2) is 0 Å². The van der Waals surface area contributed by atoms with E-state index in [-0.39, 0.29) is 11.8 Å². The van der Waals surface area contributed by atoms with Gasteiger partial charge in [-0.3, -0.25) is 9.59 Å². The molecule has 0 bridgehead atoms. The van der Waals surface area contributed by atoms with Crippen molar-refractivity contribution >= 4 is 23.6 Å². The first-order chi connectivity index (χ1) is 10.2. The Balaban J connectivity index is 1.64. The van der Waals surface area contributed by atoms with Crippen molar-refractivity contribution in [3.8, 4) is 0 Å². The van der Waals surface area contributed by atoms with E-state index in [9.17, 15) is 9.59 Å². The lowest BCUT2D eigenvalue weighted by molar-refractivity contribution is -0.125. The Labute approximate surface area is 125 Å². The highest BCUT2D eigenvalue weighted by Crippen LogP contribution is 2.22. The summed E-state index contributed by atoms with van der Waals surface area (Å²) in [6, 6.07) is 7.80. The Bertz CT molecular complexity index is 557. The molecule has 2 saturated heterocycles. The number of carbonyl (C=O) groups is 2. The van der Waals surface area contributed by atoms with E-state index in [1.807, 2.05) is 40.1 Å². The van der Waals surface area contributed by atoms with Crippen LogP contribution in [0.4, 0.5) is 5.69 Å². The topological polar surface area (TPSA) is 40.6 Å². The smallest absolute Gasteiger partial charge is 0.246 e. The van der Waals surface area contributed by atoms with Crippen molar-refractivity contribution < 1.29 is 9.59 Å². The van der Waals surface area contributed by atoms with Crippen molar-refractivity contribution in [3.63, 3.8) is 0 Å². The SMILES string of the molecule is O=C(/C=C/c1ccc(N2CCCC2=O)cc1)N1CCCC1. The number of amides is 2. The summed E-state index contributed by atoms with van der Waals surface area (Å²) in [5.74, 6) is 0.286. The maximum atomic E-state index is 11.9. The fourth-order valence-electron chi connectivity index (χ4n) is 2.90. The molecule has 2 aliphatic rings. The minimum Gasteiger partial charge on any atom is -0.339 e. The van der Waals surface area contributed by atoms with Crippen LogP contribution in [0.25, 0.3) is 6.08 Å². The molecule has 110 valence electrons. The molecule has 0 aromatic heterocycles. The lowest BCUT2D eigenvalue weighted by Crippen LogP contribution is -2.25. The van der Waals surface area contributed by atoms with Gasteiger partial charge in [0.05, 0.1) is 0 Å². The lowest BCUT2D eigenvalue weighted by atomic mass is 10.2. The van der Waals surface area contributed by atoms with Crippen molar-refractivity contribution in [3.05, 3.63) is 35.9 Å². The number of hydrogen-bond acceptors (Lipinski definition) is 2. The summed E-state index contributed by atoms with van der Waals surface area (Å²) in [7, 11) is 0. The van der Waals surface area contributed by atoms with Gasteiger partial charge in [0.2, 0.25) is 11.8 Å². The van der Waals surface area contributed by atoms with E-state index in [0.717, 1.165) is 50.1 Å². The van der Waals surface area contributed by atoms with Crippen LogP contribution in [-0.2, 0) is 9.59 Å². The van der Waals surface area contributed by atoms with Gasteiger partial charge in [0.25, 0.3) is 0 Å². The Morgan fingerprint density at radius 3 is 2.33 bits per heavy atom. The maximum absolute atomic E-state index is 11.9. The summed E-state index contributed by atoms with van der Waals surface area (Å²) in [5, 5.41) is 0. The van der Waals surface area contributed by atoms with Gasteiger partial charge in [0.15, 0.2) is 0 Å². The van der Waals surface area contributed by atoms with Crippen LogP contribution in [0.3, 0.4) is 0 Å². The first-order valence-electron chi connectivity index (χ1n) is 7.61. The van der Waals surface area contributed by atoms with E-state index < -0.39 is 0 Å². The Kier molecular flexibility index (Phi) is 4.04. The van der Waals surface area contributed by atoms with Crippen LogP contribution in [0.5, 0.6) is 0 Å². The molecular formula is C17H20N2O2. The predicted octanol–water partition coefficient (Wildman–Crippen LogP) is 2.45. The molecule has 21 heavy (non-hydrogen) atoms. The molecule has 3 rings (SSSR count). The third kappa shape index (κ3) is 3.15. The summed E-state index contributed by atoms with van der Waals surface area (Å²) in [6.45, 7) is 2.56. The van der Waals surface area contributed by atoms with Crippen LogP contribution in [0.1, 0.15) is 31.2 Å². The number of likely N-dealkylation sites (tertiary alicyclic amines) is 1. The van der Waals surface area contributed by atoms with Crippen molar-refractivity contribution in [2.75, 3.05) is 24.5 Å². The molecule has 2 heterocycles. The van der Waals surface area contributed by atoms with Crippen molar-refractivity contribution in [1.29, 1.82) is 0 Å². The number of rotatable bonds is 3. The van der Waals surface area contributed by atoms with Gasteiger partial charge in [-0.1, -0.05) is 12.1 Å². The average molecular weight is 284 g/mol. The Morgan fingerprint density at radius 2 is 1.71 bits per heavy atom. The molecular weight excluding hydrogens is 264 g/mol. The number of benzene rings is 1. The van der Waals surface area contributed by atoms with E-state index in [0.29, 0.717) is 6.42 Å². The summed E-state index contributed by atoms with van der Waals surface area (Å²) in [6.07, 6.45) is 7.28. The van der Waals surface area contributed by atoms with Crippen molar-refractivity contribution in [1.82, 2.24) is 4.90 Å². The van der Waals surface area contributed by atoms with Crippen LogP contribution >= 0.6 is 0 Å². The van der Waals surface area contributed by atoms with Crippen molar-refractivity contribution in [2.45, 2.75) is 25.7 Å². The molecule has 0 aliphatic carbocycles. The molecule has 2 fully saturated rings. The van der Waals surface area contributed by atoms with Gasteiger partial charge >= 0.3 is 0 Å². The van der Waals surface area contributed by atoms with E-state index in [1.165, 1.54) is 0 Å². The van der Waals surface area contributed by atoms with Gasteiger partial charge in [0.1, 0.15) is 0 Å². The van der Waals surface area contributed by atoms with Gasteiger partial charge in [-0.15, -0.1) is 0 Å². The maximum Gasteiger partial charge on any atom is 0.246 e. The van der Waals surface area contributed by atoms with Crippen molar-refractivity contribution in [2.24, 2.45) is 0 Å². The second kappa shape index (κ2) is 6.12. The fourth-order valence-corrected chi connectivity index (χ4v) is 2.90. The largest absolute Gasteiger partial charge is 0.339 e. The first kappa shape index (κ1) is 13.9. The van der Waals surface area contributed by atoms with Crippen LogP contribution < -0.4 is 4.90 Å². The molecule has 2 amide bonds. The minimum absolute atomic E-state index is 0.0892. The van der Waals surface area contributed by atoms with E-state index in [1.54, 1.807) is 6.08 Å². The zero-order valence-corrected chi connectivity index (χ0v) is 12.1. The van der Waals surface area contributed by atoms with Crippen LogP contribution in [0.15, 0.2) is 30.3 Å². The molecule has 0 spiro atoms. The average Bonchev–Trinajstić information content (AvgIpc) is 3.17. The molecule has 1 aromatic rings. The predicted molar refractivity (Wildman–Crippen MR) is 82.9 cm³/mol. The molecule has 0 unspecified atom stereocenters. The molecule has 1 aromatic carbocycles. The molecule has 4 heteroatoms. The number of hydrogen-bond donors (Lipinski definition) is 0. The highest BCUT2D eigenvalue weighted by atomic mass is 16.2.